The van der Waals surface area contributed by atoms with Gasteiger partial charge in [0.2, 0.25) is 0 Å². The van der Waals surface area contributed by atoms with Crippen molar-refractivity contribution in [2.45, 2.75) is 46.1 Å². The van der Waals surface area contributed by atoms with Crippen molar-refractivity contribution in [3.8, 4) is 0 Å². The molecule has 1 aliphatic heterocycles. The summed E-state index contributed by atoms with van der Waals surface area (Å²) in [6.45, 7) is 7.73. The summed E-state index contributed by atoms with van der Waals surface area (Å²) < 4.78 is 5.68. The van der Waals surface area contributed by atoms with Gasteiger partial charge in [-0.15, -0.1) is 0 Å². The molecule has 0 N–H and O–H groups in total. The van der Waals surface area contributed by atoms with E-state index < -0.39 is 0 Å². The molecule has 1 saturated heterocycles. The molecule has 66 valence electrons. The summed E-state index contributed by atoms with van der Waals surface area (Å²) in [5, 5.41) is 0. The van der Waals surface area contributed by atoms with Gasteiger partial charge in [-0.3, -0.25) is 0 Å². The third kappa shape index (κ3) is 2.19. The summed E-state index contributed by atoms with van der Waals surface area (Å²) in [4.78, 5) is 0. The van der Waals surface area contributed by atoms with Gasteiger partial charge in [0.25, 0.3) is 0 Å². The molecule has 1 heterocycles. The quantitative estimate of drug-likeness (QED) is 0.597. The van der Waals surface area contributed by atoms with Crippen LogP contribution < -0.4 is 0 Å². The van der Waals surface area contributed by atoms with Crippen LogP contribution in [0.1, 0.15) is 40.0 Å². The SMILES string of the molecule is CCC1COC(C)C(CC)C1. The van der Waals surface area contributed by atoms with Crippen molar-refractivity contribution in [2.24, 2.45) is 11.8 Å². The summed E-state index contributed by atoms with van der Waals surface area (Å²) in [5.74, 6) is 1.64. The first-order valence-corrected chi connectivity index (χ1v) is 4.89. The molecule has 3 atom stereocenters. The average molecular weight is 156 g/mol. The van der Waals surface area contributed by atoms with E-state index in [2.05, 4.69) is 20.8 Å². The van der Waals surface area contributed by atoms with Crippen molar-refractivity contribution in [1.29, 1.82) is 0 Å². The Morgan fingerprint density at radius 2 is 2.00 bits per heavy atom. The molecule has 3 unspecified atom stereocenters. The highest BCUT2D eigenvalue weighted by Gasteiger charge is 2.25. The van der Waals surface area contributed by atoms with Crippen LogP contribution in [0, 0.1) is 11.8 Å². The summed E-state index contributed by atoms with van der Waals surface area (Å²) in [6.07, 6.45) is 4.44. The Labute approximate surface area is 70.1 Å². The Hall–Kier alpha value is -0.0400. The van der Waals surface area contributed by atoms with E-state index in [0.717, 1.165) is 18.4 Å². The lowest BCUT2D eigenvalue weighted by molar-refractivity contribution is -0.0475. The van der Waals surface area contributed by atoms with Crippen molar-refractivity contribution >= 4 is 0 Å². The Bertz CT molecular complexity index is 111. The van der Waals surface area contributed by atoms with Crippen LogP contribution in [0.4, 0.5) is 0 Å². The van der Waals surface area contributed by atoms with Crippen LogP contribution in [0.15, 0.2) is 0 Å². The van der Waals surface area contributed by atoms with Gasteiger partial charge < -0.3 is 4.74 Å². The molecule has 11 heavy (non-hydrogen) atoms. The van der Waals surface area contributed by atoms with Gasteiger partial charge in [-0.1, -0.05) is 26.7 Å². The zero-order chi connectivity index (χ0) is 8.27. The fourth-order valence-electron chi connectivity index (χ4n) is 1.89. The molecular formula is C10H20O. The maximum absolute atomic E-state index is 5.68. The van der Waals surface area contributed by atoms with Crippen LogP contribution in [0.2, 0.25) is 0 Å². The van der Waals surface area contributed by atoms with Crippen LogP contribution >= 0.6 is 0 Å². The largest absolute Gasteiger partial charge is 0.378 e. The molecule has 1 rings (SSSR count). The molecule has 1 fully saturated rings. The van der Waals surface area contributed by atoms with Crippen molar-refractivity contribution < 1.29 is 4.74 Å². The van der Waals surface area contributed by atoms with Gasteiger partial charge in [-0.25, -0.2) is 0 Å². The summed E-state index contributed by atoms with van der Waals surface area (Å²) >= 11 is 0. The second kappa shape index (κ2) is 4.10. The molecule has 0 aliphatic carbocycles. The standard InChI is InChI=1S/C10H20O/c1-4-9-6-10(5-2)8(3)11-7-9/h8-10H,4-7H2,1-3H3. The smallest absolute Gasteiger partial charge is 0.0575 e. The highest BCUT2D eigenvalue weighted by Crippen LogP contribution is 2.28. The van der Waals surface area contributed by atoms with Crippen LogP contribution in [0.5, 0.6) is 0 Å². The van der Waals surface area contributed by atoms with Gasteiger partial charge in [0.1, 0.15) is 0 Å². The maximum atomic E-state index is 5.68. The Kier molecular flexibility index (Phi) is 3.38. The molecule has 0 saturated carbocycles. The van der Waals surface area contributed by atoms with Crippen molar-refractivity contribution in [2.75, 3.05) is 6.61 Å². The molecule has 0 aromatic rings. The number of hydrogen-bond acceptors (Lipinski definition) is 1. The van der Waals surface area contributed by atoms with E-state index >= 15 is 0 Å². The molecule has 0 radical (unpaired) electrons. The fraction of sp³-hybridized carbons (Fsp3) is 1.00. The third-order valence-corrected chi connectivity index (χ3v) is 3.00. The van der Waals surface area contributed by atoms with E-state index in [-0.39, 0.29) is 0 Å². The van der Waals surface area contributed by atoms with E-state index in [1.54, 1.807) is 0 Å². The van der Waals surface area contributed by atoms with E-state index in [0.29, 0.717) is 6.10 Å². The second-order valence-corrected chi connectivity index (χ2v) is 3.72. The molecule has 0 spiro atoms. The number of hydrogen-bond donors (Lipinski definition) is 0. The lowest BCUT2D eigenvalue weighted by Crippen LogP contribution is -2.31. The fourth-order valence-corrected chi connectivity index (χ4v) is 1.89. The van der Waals surface area contributed by atoms with Crippen LogP contribution in [-0.4, -0.2) is 12.7 Å². The van der Waals surface area contributed by atoms with Crippen LogP contribution in [-0.2, 0) is 4.74 Å². The summed E-state index contributed by atoms with van der Waals surface area (Å²) in [5.41, 5.74) is 0. The zero-order valence-electron chi connectivity index (χ0n) is 7.97. The molecule has 1 heteroatoms. The van der Waals surface area contributed by atoms with Gasteiger partial charge in [-0.05, 0) is 25.2 Å². The molecule has 0 aromatic heterocycles. The predicted molar refractivity (Wildman–Crippen MR) is 47.6 cm³/mol. The van der Waals surface area contributed by atoms with Crippen molar-refractivity contribution in [3.63, 3.8) is 0 Å². The van der Waals surface area contributed by atoms with Crippen LogP contribution in [0.25, 0.3) is 0 Å². The van der Waals surface area contributed by atoms with Gasteiger partial charge in [0.15, 0.2) is 0 Å². The minimum absolute atomic E-state index is 0.503. The Morgan fingerprint density at radius 1 is 1.27 bits per heavy atom. The van der Waals surface area contributed by atoms with Crippen LogP contribution in [0.3, 0.4) is 0 Å². The minimum Gasteiger partial charge on any atom is -0.378 e. The zero-order valence-corrected chi connectivity index (χ0v) is 7.97. The number of ether oxygens (including phenoxy) is 1. The van der Waals surface area contributed by atoms with Gasteiger partial charge in [-0.2, -0.15) is 0 Å². The first kappa shape index (κ1) is 9.05. The maximum Gasteiger partial charge on any atom is 0.0575 e. The second-order valence-electron chi connectivity index (χ2n) is 3.72. The van der Waals surface area contributed by atoms with E-state index in [1.807, 2.05) is 0 Å². The highest BCUT2D eigenvalue weighted by atomic mass is 16.5. The molecule has 0 bridgehead atoms. The molecular weight excluding hydrogens is 136 g/mol. The lowest BCUT2D eigenvalue weighted by Gasteiger charge is -2.33. The van der Waals surface area contributed by atoms with E-state index in [4.69, 9.17) is 4.74 Å². The van der Waals surface area contributed by atoms with Crippen molar-refractivity contribution in [1.82, 2.24) is 0 Å². The van der Waals surface area contributed by atoms with E-state index in [1.165, 1.54) is 19.3 Å². The predicted octanol–water partition coefficient (Wildman–Crippen LogP) is 2.85. The molecule has 1 aliphatic rings. The first-order chi connectivity index (χ1) is 5.27. The number of rotatable bonds is 2. The molecule has 0 amide bonds. The summed E-state index contributed by atoms with van der Waals surface area (Å²) in [6, 6.07) is 0. The normalized spacial score (nSPS) is 39.0. The monoisotopic (exact) mass is 156 g/mol. The highest BCUT2D eigenvalue weighted by molar-refractivity contribution is 4.74. The Morgan fingerprint density at radius 3 is 2.55 bits per heavy atom. The minimum atomic E-state index is 0.503. The van der Waals surface area contributed by atoms with Crippen molar-refractivity contribution in [3.05, 3.63) is 0 Å². The summed E-state index contributed by atoms with van der Waals surface area (Å²) in [7, 11) is 0. The third-order valence-electron chi connectivity index (χ3n) is 3.00. The average Bonchev–Trinajstić information content (AvgIpc) is 2.05. The first-order valence-electron chi connectivity index (χ1n) is 4.89. The lowest BCUT2D eigenvalue weighted by atomic mass is 9.85. The molecule has 1 nitrogen and oxygen atoms in total. The molecule has 0 aromatic carbocycles. The van der Waals surface area contributed by atoms with Gasteiger partial charge >= 0.3 is 0 Å². The Balaban J connectivity index is 2.37. The topological polar surface area (TPSA) is 9.23 Å². The van der Waals surface area contributed by atoms with Gasteiger partial charge in [0.05, 0.1) is 6.10 Å². The van der Waals surface area contributed by atoms with E-state index in [9.17, 15) is 0 Å². The van der Waals surface area contributed by atoms with Gasteiger partial charge in [0, 0.05) is 6.61 Å².